The number of carbonyl (C=O) groups is 2. The van der Waals surface area contributed by atoms with Crippen LogP contribution in [-0.2, 0) is 9.59 Å². The van der Waals surface area contributed by atoms with E-state index < -0.39 is 0 Å². The maximum atomic E-state index is 12.9. The van der Waals surface area contributed by atoms with E-state index in [4.69, 9.17) is 4.74 Å². The fraction of sp³-hybridized carbons (Fsp3) is 0.320. The summed E-state index contributed by atoms with van der Waals surface area (Å²) < 4.78 is 6.37. The summed E-state index contributed by atoms with van der Waals surface area (Å²) in [5, 5.41) is 3.54. The van der Waals surface area contributed by atoms with Crippen molar-refractivity contribution >= 4 is 56.4 Å². The molecular weight excluding hydrogens is 502 g/mol. The number of ether oxygens (including phenoxy) is 1. The Bertz CT molecular complexity index is 1090. The first-order valence-electron chi connectivity index (χ1n) is 10.7. The molecule has 0 atom stereocenters. The van der Waals surface area contributed by atoms with E-state index in [1.165, 1.54) is 11.8 Å². The average Bonchev–Trinajstić information content (AvgIpc) is 3.03. The third kappa shape index (κ3) is 6.71. The van der Waals surface area contributed by atoms with Crippen LogP contribution in [0.4, 0.5) is 5.69 Å². The molecular formula is C25H28BrN3O3S. The summed E-state index contributed by atoms with van der Waals surface area (Å²) in [6, 6.07) is 13.2. The van der Waals surface area contributed by atoms with Gasteiger partial charge in [-0.15, -0.1) is 0 Å². The summed E-state index contributed by atoms with van der Waals surface area (Å²) in [5.41, 5.74) is 2.70. The fourth-order valence-corrected chi connectivity index (χ4v) is 4.85. The van der Waals surface area contributed by atoms with Crippen molar-refractivity contribution in [3.8, 4) is 5.75 Å². The second-order valence-corrected chi connectivity index (χ2v) is 10.1. The lowest BCUT2D eigenvalue weighted by molar-refractivity contribution is -0.123. The Balaban J connectivity index is 1.67. The zero-order valence-electron chi connectivity index (χ0n) is 19.4. The predicted octanol–water partition coefficient (Wildman–Crippen LogP) is 5.86. The highest BCUT2D eigenvalue weighted by Gasteiger charge is 2.35. The molecule has 1 aliphatic heterocycles. The van der Waals surface area contributed by atoms with Crippen LogP contribution in [0.15, 0.2) is 56.8 Å². The molecule has 1 saturated heterocycles. The maximum absolute atomic E-state index is 12.9. The molecule has 6 nitrogen and oxygen atoms in total. The monoisotopic (exact) mass is 529 g/mol. The minimum Gasteiger partial charge on any atom is -0.483 e. The summed E-state index contributed by atoms with van der Waals surface area (Å²) in [4.78, 5) is 32.1. The Labute approximate surface area is 207 Å². The molecule has 0 unspecified atom stereocenters. The molecule has 0 bridgehead atoms. The van der Waals surface area contributed by atoms with Gasteiger partial charge in [0, 0.05) is 17.8 Å². The smallest absolute Gasteiger partial charge is 0.266 e. The van der Waals surface area contributed by atoms with Crippen LogP contribution in [0.5, 0.6) is 5.75 Å². The number of rotatable bonds is 7. The number of benzene rings is 2. The number of carbonyl (C=O) groups excluding carboxylic acids is 2. The van der Waals surface area contributed by atoms with E-state index in [0.717, 1.165) is 22.0 Å². The van der Waals surface area contributed by atoms with Crippen LogP contribution < -0.4 is 10.1 Å². The van der Waals surface area contributed by atoms with Crippen molar-refractivity contribution in [2.24, 2.45) is 4.99 Å². The Morgan fingerprint density at radius 2 is 1.88 bits per heavy atom. The van der Waals surface area contributed by atoms with Crippen molar-refractivity contribution in [1.29, 1.82) is 0 Å². The lowest BCUT2D eigenvalue weighted by Gasteiger charge is -2.20. The predicted molar refractivity (Wildman–Crippen MR) is 140 cm³/mol. The average molecular weight is 530 g/mol. The molecule has 1 aliphatic rings. The molecule has 1 fully saturated rings. The molecule has 2 amide bonds. The topological polar surface area (TPSA) is 71.0 Å². The van der Waals surface area contributed by atoms with Gasteiger partial charge in [-0.3, -0.25) is 19.5 Å². The van der Waals surface area contributed by atoms with Gasteiger partial charge in [-0.2, -0.15) is 0 Å². The van der Waals surface area contributed by atoms with E-state index in [1.807, 2.05) is 77.1 Å². The van der Waals surface area contributed by atoms with Crippen molar-refractivity contribution < 1.29 is 14.3 Å². The van der Waals surface area contributed by atoms with Crippen molar-refractivity contribution in [3.05, 3.63) is 63.0 Å². The number of amides is 2. The number of hydrogen-bond acceptors (Lipinski definition) is 5. The van der Waals surface area contributed by atoms with Crippen LogP contribution in [0, 0.1) is 6.92 Å². The van der Waals surface area contributed by atoms with Crippen molar-refractivity contribution in [2.75, 3.05) is 11.9 Å². The van der Waals surface area contributed by atoms with E-state index in [0.29, 0.717) is 15.1 Å². The molecule has 1 heterocycles. The van der Waals surface area contributed by atoms with E-state index in [2.05, 4.69) is 26.2 Å². The lowest BCUT2D eigenvalue weighted by atomic mass is 10.2. The van der Waals surface area contributed by atoms with Gasteiger partial charge in [0.15, 0.2) is 11.8 Å². The zero-order chi connectivity index (χ0) is 24.1. The quantitative estimate of drug-likeness (QED) is 0.455. The number of amidine groups is 1. The normalized spacial score (nSPS) is 16.4. The second kappa shape index (κ2) is 11.0. The third-order valence-corrected chi connectivity index (χ3v) is 6.29. The van der Waals surface area contributed by atoms with Gasteiger partial charge in [0.05, 0.1) is 9.38 Å². The Morgan fingerprint density at radius 1 is 1.18 bits per heavy atom. The summed E-state index contributed by atoms with van der Waals surface area (Å²) in [6.07, 6.45) is 1.85. The highest BCUT2D eigenvalue weighted by Crippen LogP contribution is 2.35. The molecule has 174 valence electrons. The highest BCUT2D eigenvalue weighted by atomic mass is 79.9. The Kier molecular flexibility index (Phi) is 8.37. The van der Waals surface area contributed by atoms with Gasteiger partial charge >= 0.3 is 0 Å². The van der Waals surface area contributed by atoms with Crippen LogP contribution in [0.25, 0.3) is 6.08 Å². The van der Waals surface area contributed by atoms with Crippen LogP contribution in [-0.4, -0.2) is 40.6 Å². The first kappa shape index (κ1) is 25.1. The molecule has 0 spiro atoms. The van der Waals surface area contributed by atoms with E-state index >= 15 is 0 Å². The molecule has 8 heteroatoms. The minimum absolute atomic E-state index is 0.0296. The first-order chi connectivity index (χ1) is 15.6. The maximum Gasteiger partial charge on any atom is 0.266 e. The molecule has 2 aromatic carbocycles. The van der Waals surface area contributed by atoms with Gasteiger partial charge in [0.1, 0.15) is 5.75 Å². The molecule has 2 aromatic rings. The summed E-state index contributed by atoms with van der Waals surface area (Å²) in [7, 11) is 0. The number of halogens is 1. The third-order valence-electron chi connectivity index (χ3n) is 4.67. The molecule has 0 aromatic heterocycles. The standard InChI is InChI=1S/C25H28BrN3O3S/c1-15(2)27-25-29(16(3)4)24(31)22(33-25)13-18-8-11-21(20(26)12-18)32-14-23(30)28-19-9-6-17(5)7-10-19/h6-13,15-16H,14H2,1-5H3,(H,28,30)/b22-13+,27-25?. The van der Waals surface area contributed by atoms with Gasteiger partial charge < -0.3 is 10.1 Å². The van der Waals surface area contributed by atoms with Gasteiger partial charge in [-0.1, -0.05) is 23.8 Å². The summed E-state index contributed by atoms with van der Waals surface area (Å²) >= 11 is 4.90. The molecule has 0 radical (unpaired) electrons. The Morgan fingerprint density at radius 3 is 2.48 bits per heavy atom. The SMILES string of the molecule is Cc1ccc(NC(=O)COc2ccc(/C=C3/SC(=NC(C)C)N(C(C)C)C3=O)cc2Br)cc1. The number of nitrogens with zero attached hydrogens (tertiary/aromatic N) is 2. The number of thioether (sulfide) groups is 1. The van der Waals surface area contributed by atoms with Gasteiger partial charge in [0.2, 0.25) is 0 Å². The van der Waals surface area contributed by atoms with E-state index in [9.17, 15) is 9.59 Å². The number of anilines is 1. The van der Waals surface area contributed by atoms with Crippen molar-refractivity contribution in [1.82, 2.24) is 4.90 Å². The van der Waals surface area contributed by atoms with Crippen molar-refractivity contribution in [2.45, 2.75) is 46.7 Å². The van der Waals surface area contributed by atoms with Gasteiger partial charge in [-0.05, 0) is 98.2 Å². The second-order valence-electron chi connectivity index (χ2n) is 8.28. The molecule has 0 saturated carbocycles. The molecule has 33 heavy (non-hydrogen) atoms. The first-order valence-corrected chi connectivity index (χ1v) is 12.3. The van der Waals surface area contributed by atoms with Crippen LogP contribution >= 0.6 is 27.7 Å². The number of nitrogens with one attached hydrogen (secondary N) is 1. The zero-order valence-corrected chi connectivity index (χ0v) is 21.8. The minimum atomic E-state index is -0.240. The molecule has 0 aliphatic carbocycles. The van der Waals surface area contributed by atoms with Gasteiger partial charge in [-0.25, -0.2) is 0 Å². The van der Waals surface area contributed by atoms with E-state index in [1.54, 1.807) is 11.0 Å². The lowest BCUT2D eigenvalue weighted by Crippen LogP contribution is -2.35. The van der Waals surface area contributed by atoms with Gasteiger partial charge in [0.25, 0.3) is 11.8 Å². The molecule has 1 N–H and O–H groups in total. The van der Waals surface area contributed by atoms with Crippen LogP contribution in [0.1, 0.15) is 38.8 Å². The van der Waals surface area contributed by atoms with Crippen molar-refractivity contribution in [3.63, 3.8) is 0 Å². The Hall–Kier alpha value is -2.58. The summed E-state index contributed by atoms with van der Waals surface area (Å²) in [5.74, 6) is 0.266. The number of aryl methyl sites for hydroxylation is 1. The number of aliphatic imine (C=N–C) groups is 1. The van der Waals surface area contributed by atoms with Crippen LogP contribution in [0.3, 0.4) is 0 Å². The number of hydrogen-bond donors (Lipinski definition) is 1. The summed E-state index contributed by atoms with van der Waals surface area (Å²) in [6.45, 7) is 9.83. The highest BCUT2D eigenvalue weighted by molar-refractivity contribution is 9.10. The fourth-order valence-electron chi connectivity index (χ4n) is 3.11. The van der Waals surface area contributed by atoms with Crippen LogP contribution in [0.2, 0.25) is 0 Å². The largest absolute Gasteiger partial charge is 0.483 e. The molecule has 3 rings (SSSR count). The van der Waals surface area contributed by atoms with E-state index in [-0.39, 0.29) is 30.5 Å².